The highest BCUT2D eigenvalue weighted by Crippen LogP contribution is 2.35. The number of rotatable bonds is 30. The maximum atomic E-state index is 12.3. The van der Waals surface area contributed by atoms with Crippen molar-refractivity contribution in [2.45, 2.75) is 142 Å². The standard InChI is InChI=1S/C36H61O9P/c1-3-5-7-9-11-12-13-18-22-26-30-36(39)45-34(32-44-46(40,41)42)31-43-35(38)29-25-21-17-15-14-16-20-24-28-33(37)27-23-19-10-8-6-4-2/h6,8,15-17,19-20,23-24,28,33-34,37H,3-5,7,9-14,18,21-22,25-27,29-32H2,1-2H3,(H2,40,41,42)/b8-6-,17-15-,20-16-,23-19-,28-24+/t33?,34-/m1/s1. The third-order valence-electron chi connectivity index (χ3n) is 6.88. The molecule has 1 unspecified atom stereocenters. The number of hydrogen-bond donors (Lipinski definition) is 3. The molecular weight excluding hydrogens is 607 g/mol. The number of phosphoric acid groups is 1. The summed E-state index contributed by atoms with van der Waals surface area (Å²) in [6, 6.07) is 0. The largest absolute Gasteiger partial charge is 0.469 e. The van der Waals surface area contributed by atoms with E-state index in [4.69, 9.17) is 19.3 Å². The van der Waals surface area contributed by atoms with Crippen LogP contribution in [-0.2, 0) is 28.2 Å². The van der Waals surface area contributed by atoms with E-state index >= 15 is 0 Å². The second kappa shape index (κ2) is 31.3. The smallest absolute Gasteiger partial charge is 0.462 e. The molecule has 9 nitrogen and oxygen atoms in total. The fourth-order valence-electron chi connectivity index (χ4n) is 4.31. The van der Waals surface area contributed by atoms with Crippen LogP contribution in [-0.4, -0.2) is 52.3 Å². The fourth-order valence-corrected chi connectivity index (χ4v) is 4.67. The first-order valence-electron chi connectivity index (χ1n) is 17.2. The maximum absolute atomic E-state index is 12.3. The number of carbonyl (C=O) groups excluding carboxylic acids is 2. The van der Waals surface area contributed by atoms with Gasteiger partial charge in [0.25, 0.3) is 0 Å². The minimum atomic E-state index is -4.77. The second-order valence-electron chi connectivity index (χ2n) is 11.3. The molecule has 2 atom stereocenters. The molecule has 0 aliphatic heterocycles. The molecule has 0 saturated carbocycles. The molecule has 10 heteroatoms. The van der Waals surface area contributed by atoms with Gasteiger partial charge in [-0.15, -0.1) is 0 Å². The summed E-state index contributed by atoms with van der Waals surface area (Å²) in [5, 5.41) is 9.95. The van der Waals surface area contributed by atoms with Crippen molar-refractivity contribution >= 4 is 19.8 Å². The molecule has 0 bridgehead atoms. The van der Waals surface area contributed by atoms with Crippen LogP contribution >= 0.6 is 7.82 Å². The normalized spacial score (nSPS) is 13.9. The Kier molecular flexibility index (Phi) is 29.8. The zero-order chi connectivity index (χ0) is 34.1. The summed E-state index contributed by atoms with van der Waals surface area (Å²) in [6.45, 7) is 3.40. The van der Waals surface area contributed by atoms with Gasteiger partial charge in [0.1, 0.15) is 6.61 Å². The minimum Gasteiger partial charge on any atom is -0.462 e. The number of phosphoric ester groups is 1. The Hall–Kier alpha value is -2.29. The predicted molar refractivity (Wildman–Crippen MR) is 185 cm³/mol. The lowest BCUT2D eigenvalue weighted by atomic mass is 10.1. The Morgan fingerprint density at radius 3 is 1.98 bits per heavy atom. The van der Waals surface area contributed by atoms with E-state index in [-0.39, 0.29) is 19.4 Å². The molecule has 0 saturated heterocycles. The van der Waals surface area contributed by atoms with Gasteiger partial charge in [0.2, 0.25) is 0 Å². The van der Waals surface area contributed by atoms with Gasteiger partial charge in [0.05, 0.1) is 12.7 Å². The molecule has 0 fully saturated rings. The Morgan fingerprint density at radius 1 is 0.696 bits per heavy atom. The number of ether oxygens (including phenoxy) is 2. The molecule has 0 aliphatic rings. The van der Waals surface area contributed by atoms with E-state index in [0.29, 0.717) is 25.7 Å². The summed E-state index contributed by atoms with van der Waals surface area (Å²) < 4.78 is 26.1. The molecule has 0 spiro atoms. The Balaban J connectivity index is 4.19. The number of aliphatic hydroxyl groups is 1. The summed E-state index contributed by atoms with van der Waals surface area (Å²) in [5.74, 6) is -1.000. The fraction of sp³-hybridized carbons (Fsp3) is 0.667. The van der Waals surface area contributed by atoms with Crippen LogP contribution < -0.4 is 0 Å². The molecule has 0 aliphatic carbocycles. The van der Waals surface area contributed by atoms with Crippen molar-refractivity contribution in [3.63, 3.8) is 0 Å². The molecule has 0 aromatic rings. The topological polar surface area (TPSA) is 140 Å². The van der Waals surface area contributed by atoms with E-state index in [2.05, 4.69) is 30.5 Å². The lowest BCUT2D eigenvalue weighted by Crippen LogP contribution is -2.29. The lowest BCUT2D eigenvalue weighted by Gasteiger charge is -2.18. The summed E-state index contributed by atoms with van der Waals surface area (Å²) in [7, 11) is -4.77. The number of aliphatic hydroxyl groups excluding tert-OH is 1. The predicted octanol–water partition coefficient (Wildman–Crippen LogP) is 8.75. The SMILES string of the molecule is CC/C=C\C/C=C\CC(O)/C=C/C=C\C/C=C\CCCC(=O)OC[C@H](COP(=O)(O)O)OC(=O)CCCCCCCCCCCC. The summed E-state index contributed by atoms with van der Waals surface area (Å²) >= 11 is 0. The van der Waals surface area contributed by atoms with Gasteiger partial charge in [-0.2, -0.15) is 0 Å². The van der Waals surface area contributed by atoms with Crippen molar-refractivity contribution in [3.05, 3.63) is 60.8 Å². The van der Waals surface area contributed by atoms with Gasteiger partial charge in [0, 0.05) is 12.8 Å². The van der Waals surface area contributed by atoms with Gasteiger partial charge in [-0.05, 0) is 44.9 Å². The Labute approximate surface area is 278 Å². The quantitative estimate of drug-likeness (QED) is 0.0225. The maximum Gasteiger partial charge on any atom is 0.469 e. The van der Waals surface area contributed by atoms with Crippen LogP contribution in [0.4, 0.5) is 0 Å². The van der Waals surface area contributed by atoms with Gasteiger partial charge < -0.3 is 24.4 Å². The highest BCUT2D eigenvalue weighted by molar-refractivity contribution is 7.46. The minimum absolute atomic E-state index is 0.156. The zero-order valence-corrected chi connectivity index (χ0v) is 29.2. The number of unbranched alkanes of at least 4 members (excludes halogenated alkanes) is 10. The van der Waals surface area contributed by atoms with E-state index in [9.17, 15) is 19.3 Å². The number of hydrogen-bond acceptors (Lipinski definition) is 7. The lowest BCUT2D eigenvalue weighted by molar-refractivity contribution is -0.161. The van der Waals surface area contributed by atoms with Crippen LogP contribution in [0.2, 0.25) is 0 Å². The second-order valence-corrected chi connectivity index (χ2v) is 12.6. The van der Waals surface area contributed by atoms with E-state index in [0.717, 1.165) is 38.5 Å². The molecule has 3 N–H and O–H groups in total. The highest BCUT2D eigenvalue weighted by atomic mass is 31.2. The van der Waals surface area contributed by atoms with Gasteiger partial charge in [-0.3, -0.25) is 14.1 Å². The van der Waals surface area contributed by atoms with E-state index in [1.807, 2.05) is 42.5 Å². The Morgan fingerprint density at radius 2 is 1.30 bits per heavy atom. The molecule has 46 heavy (non-hydrogen) atoms. The molecule has 0 rings (SSSR count). The monoisotopic (exact) mass is 668 g/mol. The molecule has 0 amide bonds. The van der Waals surface area contributed by atoms with Crippen LogP contribution in [0.3, 0.4) is 0 Å². The molecule has 264 valence electrons. The van der Waals surface area contributed by atoms with Crippen LogP contribution in [0.5, 0.6) is 0 Å². The van der Waals surface area contributed by atoms with Crippen LogP contribution in [0.15, 0.2) is 60.8 Å². The van der Waals surface area contributed by atoms with Gasteiger partial charge in [-0.25, -0.2) is 4.57 Å². The van der Waals surface area contributed by atoms with Crippen LogP contribution in [0.25, 0.3) is 0 Å². The molecule has 0 aromatic carbocycles. The average Bonchev–Trinajstić information content (AvgIpc) is 3.01. The first-order chi connectivity index (χ1) is 22.2. The van der Waals surface area contributed by atoms with Crippen molar-refractivity contribution < 1.29 is 43.0 Å². The van der Waals surface area contributed by atoms with Crippen molar-refractivity contribution in [1.82, 2.24) is 0 Å². The van der Waals surface area contributed by atoms with Crippen molar-refractivity contribution in [1.29, 1.82) is 0 Å². The third-order valence-corrected chi connectivity index (χ3v) is 7.37. The number of carbonyl (C=O) groups is 2. The number of allylic oxidation sites excluding steroid dienone is 8. The van der Waals surface area contributed by atoms with E-state index in [1.54, 1.807) is 6.08 Å². The molecule has 0 radical (unpaired) electrons. The van der Waals surface area contributed by atoms with Crippen LogP contribution in [0, 0.1) is 0 Å². The van der Waals surface area contributed by atoms with Crippen molar-refractivity contribution in [2.24, 2.45) is 0 Å². The summed E-state index contributed by atoms with van der Waals surface area (Å²) in [6.07, 6.45) is 34.1. The molecular formula is C36H61O9P. The number of esters is 2. The van der Waals surface area contributed by atoms with Gasteiger partial charge >= 0.3 is 19.8 Å². The molecule has 0 aromatic heterocycles. The van der Waals surface area contributed by atoms with Crippen LogP contribution in [0.1, 0.15) is 129 Å². The first-order valence-corrected chi connectivity index (χ1v) is 18.7. The van der Waals surface area contributed by atoms with Gasteiger partial charge in [0.15, 0.2) is 6.10 Å². The highest BCUT2D eigenvalue weighted by Gasteiger charge is 2.22. The summed E-state index contributed by atoms with van der Waals surface area (Å²) in [4.78, 5) is 42.5. The van der Waals surface area contributed by atoms with E-state index in [1.165, 1.54) is 38.5 Å². The van der Waals surface area contributed by atoms with Crippen molar-refractivity contribution in [2.75, 3.05) is 13.2 Å². The first kappa shape index (κ1) is 43.7. The summed E-state index contributed by atoms with van der Waals surface area (Å²) in [5.41, 5.74) is 0. The Bertz CT molecular complexity index is 949. The zero-order valence-electron chi connectivity index (χ0n) is 28.3. The average molecular weight is 669 g/mol. The van der Waals surface area contributed by atoms with Gasteiger partial charge in [-0.1, -0.05) is 132 Å². The van der Waals surface area contributed by atoms with E-state index < -0.39 is 38.6 Å². The third kappa shape index (κ3) is 33.1. The molecule has 0 heterocycles. The van der Waals surface area contributed by atoms with Crippen molar-refractivity contribution in [3.8, 4) is 0 Å².